The Kier molecular flexibility index (Phi) is 6.05. The third-order valence-corrected chi connectivity index (χ3v) is 6.45. The van der Waals surface area contributed by atoms with Crippen LogP contribution in [-0.2, 0) is 19.5 Å². The molecule has 2 aromatic carbocycles. The minimum Gasteiger partial charge on any atom is -0.353 e. The van der Waals surface area contributed by atoms with Crippen LogP contribution >= 0.6 is 0 Å². The van der Waals surface area contributed by atoms with Crippen molar-refractivity contribution >= 4 is 11.7 Å². The standard InChI is InChI=1S/C26H28FN5O/c1-19-28-24-11-12-30(17-20-7-3-2-4-8-20)18-22(24)25(29-19)31-13-15-32(16-14-31)26(33)21-9-5-6-10-23(21)27/h2-10H,11-18H2,1H3. The third kappa shape index (κ3) is 4.59. The van der Waals surface area contributed by atoms with Gasteiger partial charge in [-0.2, -0.15) is 0 Å². The van der Waals surface area contributed by atoms with E-state index in [1.807, 2.05) is 13.0 Å². The summed E-state index contributed by atoms with van der Waals surface area (Å²) in [6.07, 6.45) is 0.907. The van der Waals surface area contributed by atoms with Crippen molar-refractivity contribution in [3.05, 3.63) is 88.6 Å². The number of hydrogen-bond donors (Lipinski definition) is 0. The molecule has 3 heterocycles. The molecule has 2 aliphatic rings. The molecule has 1 fully saturated rings. The lowest BCUT2D eigenvalue weighted by Crippen LogP contribution is -2.49. The van der Waals surface area contributed by atoms with Gasteiger partial charge in [-0.25, -0.2) is 14.4 Å². The second-order valence-electron chi connectivity index (χ2n) is 8.73. The largest absolute Gasteiger partial charge is 0.353 e. The highest BCUT2D eigenvalue weighted by Crippen LogP contribution is 2.28. The predicted molar refractivity (Wildman–Crippen MR) is 126 cm³/mol. The molecule has 0 bridgehead atoms. The summed E-state index contributed by atoms with van der Waals surface area (Å²) in [7, 11) is 0. The van der Waals surface area contributed by atoms with E-state index in [0.29, 0.717) is 26.2 Å². The number of nitrogens with zero attached hydrogens (tertiary/aromatic N) is 5. The Morgan fingerprint density at radius 3 is 2.42 bits per heavy atom. The van der Waals surface area contributed by atoms with Crippen molar-refractivity contribution < 1.29 is 9.18 Å². The summed E-state index contributed by atoms with van der Waals surface area (Å²) in [5.41, 5.74) is 3.76. The zero-order valence-corrected chi connectivity index (χ0v) is 18.9. The molecule has 3 aromatic rings. The summed E-state index contributed by atoms with van der Waals surface area (Å²) in [4.78, 5) is 28.8. The van der Waals surface area contributed by atoms with E-state index in [1.165, 1.54) is 17.2 Å². The molecule has 170 valence electrons. The fourth-order valence-corrected chi connectivity index (χ4v) is 4.74. The van der Waals surface area contributed by atoms with Gasteiger partial charge in [0.05, 0.1) is 11.3 Å². The maximum Gasteiger partial charge on any atom is 0.256 e. The summed E-state index contributed by atoms with van der Waals surface area (Å²) in [6, 6.07) is 16.7. The van der Waals surface area contributed by atoms with Crippen molar-refractivity contribution in [3.8, 4) is 0 Å². The van der Waals surface area contributed by atoms with Crippen molar-refractivity contribution in [2.45, 2.75) is 26.4 Å². The average molecular weight is 446 g/mol. The maximum atomic E-state index is 14.1. The van der Waals surface area contributed by atoms with Gasteiger partial charge in [0.15, 0.2) is 0 Å². The van der Waals surface area contributed by atoms with Crippen LogP contribution in [0.4, 0.5) is 10.2 Å². The molecule has 0 radical (unpaired) electrons. The average Bonchev–Trinajstić information content (AvgIpc) is 2.84. The van der Waals surface area contributed by atoms with E-state index >= 15 is 0 Å². The molecule has 0 spiro atoms. The highest BCUT2D eigenvalue weighted by atomic mass is 19.1. The first-order valence-corrected chi connectivity index (χ1v) is 11.5. The molecule has 6 nitrogen and oxygen atoms in total. The van der Waals surface area contributed by atoms with Gasteiger partial charge in [0.1, 0.15) is 17.5 Å². The summed E-state index contributed by atoms with van der Waals surface area (Å²) in [5, 5.41) is 0. The molecule has 0 atom stereocenters. The number of benzene rings is 2. The number of carbonyl (C=O) groups is 1. The van der Waals surface area contributed by atoms with E-state index < -0.39 is 5.82 Å². The fourth-order valence-electron chi connectivity index (χ4n) is 4.74. The van der Waals surface area contributed by atoms with Gasteiger partial charge < -0.3 is 9.80 Å². The Hall–Kier alpha value is -3.32. The Morgan fingerprint density at radius 1 is 0.939 bits per heavy atom. The van der Waals surface area contributed by atoms with Gasteiger partial charge in [-0.1, -0.05) is 42.5 Å². The SMILES string of the molecule is Cc1nc2c(c(N3CCN(C(=O)c4ccccc4F)CC3)n1)CN(Cc1ccccc1)CC2. The minimum atomic E-state index is -0.469. The van der Waals surface area contributed by atoms with Crippen molar-refractivity contribution in [2.75, 3.05) is 37.6 Å². The number of amides is 1. The lowest BCUT2D eigenvalue weighted by atomic mass is 10.0. The second-order valence-corrected chi connectivity index (χ2v) is 8.73. The maximum absolute atomic E-state index is 14.1. The lowest BCUT2D eigenvalue weighted by Gasteiger charge is -2.38. The van der Waals surface area contributed by atoms with E-state index in [4.69, 9.17) is 9.97 Å². The number of rotatable bonds is 4. The lowest BCUT2D eigenvalue weighted by molar-refractivity contribution is 0.0741. The van der Waals surface area contributed by atoms with Gasteiger partial charge in [-0.15, -0.1) is 0 Å². The van der Waals surface area contributed by atoms with E-state index in [0.717, 1.165) is 43.4 Å². The summed E-state index contributed by atoms with van der Waals surface area (Å²) in [5.74, 6) is 1.05. The van der Waals surface area contributed by atoms with Crippen LogP contribution in [0.1, 0.15) is 33.0 Å². The molecule has 1 amide bonds. The highest BCUT2D eigenvalue weighted by molar-refractivity contribution is 5.94. The van der Waals surface area contributed by atoms with E-state index in [9.17, 15) is 9.18 Å². The third-order valence-electron chi connectivity index (χ3n) is 6.45. The molecule has 2 aliphatic heterocycles. The Bertz CT molecular complexity index is 1140. The summed E-state index contributed by atoms with van der Waals surface area (Å²) in [6.45, 7) is 7.05. The van der Waals surface area contributed by atoms with Crippen LogP contribution in [0.25, 0.3) is 0 Å². The van der Waals surface area contributed by atoms with Crippen LogP contribution < -0.4 is 4.90 Å². The van der Waals surface area contributed by atoms with Gasteiger partial charge in [0.2, 0.25) is 0 Å². The molecule has 0 N–H and O–H groups in total. The number of carbonyl (C=O) groups excluding carboxylic acids is 1. The van der Waals surface area contributed by atoms with Crippen LogP contribution in [0.5, 0.6) is 0 Å². The first-order valence-electron chi connectivity index (χ1n) is 11.5. The number of hydrogen-bond acceptors (Lipinski definition) is 5. The molecule has 0 saturated carbocycles. The molecule has 33 heavy (non-hydrogen) atoms. The fraction of sp³-hybridized carbons (Fsp3) is 0.346. The van der Waals surface area contributed by atoms with Crippen LogP contribution in [-0.4, -0.2) is 58.4 Å². The molecule has 7 heteroatoms. The van der Waals surface area contributed by atoms with Crippen molar-refractivity contribution in [3.63, 3.8) is 0 Å². The van der Waals surface area contributed by atoms with Gasteiger partial charge >= 0.3 is 0 Å². The number of anilines is 1. The normalized spacial score (nSPS) is 16.5. The Morgan fingerprint density at radius 2 is 1.67 bits per heavy atom. The summed E-state index contributed by atoms with van der Waals surface area (Å²) < 4.78 is 14.1. The van der Waals surface area contributed by atoms with Crippen molar-refractivity contribution in [2.24, 2.45) is 0 Å². The zero-order valence-electron chi connectivity index (χ0n) is 18.9. The first kappa shape index (κ1) is 21.5. The molecule has 1 saturated heterocycles. The monoisotopic (exact) mass is 445 g/mol. The molecular formula is C26H28FN5O. The molecule has 5 rings (SSSR count). The van der Waals surface area contributed by atoms with Gasteiger partial charge in [-0.3, -0.25) is 9.69 Å². The van der Waals surface area contributed by atoms with E-state index in [1.54, 1.807) is 23.1 Å². The predicted octanol–water partition coefficient (Wildman–Crippen LogP) is 3.44. The number of aryl methyl sites for hydroxylation is 1. The van der Waals surface area contributed by atoms with E-state index in [2.05, 4.69) is 34.1 Å². The number of aromatic nitrogens is 2. The quantitative estimate of drug-likeness (QED) is 0.616. The Labute approximate surface area is 193 Å². The molecular weight excluding hydrogens is 417 g/mol. The number of halogens is 1. The van der Waals surface area contributed by atoms with Gasteiger partial charge in [0.25, 0.3) is 5.91 Å². The van der Waals surface area contributed by atoms with Crippen LogP contribution in [0.3, 0.4) is 0 Å². The van der Waals surface area contributed by atoms with Crippen molar-refractivity contribution in [1.29, 1.82) is 0 Å². The Balaban J connectivity index is 1.31. The molecule has 1 aromatic heterocycles. The van der Waals surface area contributed by atoms with E-state index in [-0.39, 0.29) is 11.5 Å². The highest BCUT2D eigenvalue weighted by Gasteiger charge is 2.29. The van der Waals surface area contributed by atoms with Crippen LogP contribution in [0.2, 0.25) is 0 Å². The first-order chi connectivity index (χ1) is 16.1. The van der Waals surface area contributed by atoms with Crippen LogP contribution in [0, 0.1) is 12.7 Å². The number of piperazine rings is 1. The van der Waals surface area contributed by atoms with Gasteiger partial charge in [-0.05, 0) is 24.6 Å². The van der Waals surface area contributed by atoms with Gasteiger partial charge in [0, 0.05) is 57.8 Å². The minimum absolute atomic E-state index is 0.137. The topological polar surface area (TPSA) is 52.6 Å². The van der Waals surface area contributed by atoms with Crippen LogP contribution in [0.15, 0.2) is 54.6 Å². The zero-order chi connectivity index (χ0) is 22.8. The summed E-state index contributed by atoms with van der Waals surface area (Å²) >= 11 is 0. The smallest absolute Gasteiger partial charge is 0.256 e. The molecule has 0 aliphatic carbocycles. The van der Waals surface area contributed by atoms with Crippen molar-refractivity contribution in [1.82, 2.24) is 19.8 Å². The second kappa shape index (κ2) is 9.27. The molecule has 0 unspecified atom stereocenters. The number of fused-ring (bicyclic) bond motifs is 1.